The van der Waals surface area contributed by atoms with E-state index in [9.17, 15) is 4.79 Å². The average molecular weight is 285 g/mol. The van der Waals surface area contributed by atoms with Gasteiger partial charge >= 0.3 is 0 Å². The molecule has 0 aliphatic carbocycles. The number of amides is 1. The van der Waals surface area contributed by atoms with Gasteiger partial charge in [0.15, 0.2) is 0 Å². The second-order valence-electron chi connectivity index (χ2n) is 4.92. The van der Waals surface area contributed by atoms with Crippen LogP contribution in [-0.4, -0.2) is 16.9 Å². The molecule has 1 amide bonds. The maximum atomic E-state index is 11.8. The van der Waals surface area contributed by atoms with Gasteiger partial charge < -0.3 is 5.32 Å². The van der Waals surface area contributed by atoms with Crippen LogP contribution >= 0.6 is 15.9 Å². The van der Waals surface area contributed by atoms with E-state index in [1.807, 2.05) is 13.0 Å². The molecule has 0 bridgehead atoms. The summed E-state index contributed by atoms with van der Waals surface area (Å²) in [5, 5.41) is 2.94. The summed E-state index contributed by atoms with van der Waals surface area (Å²) in [4.78, 5) is 15.9. The molecule has 0 saturated heterocycles. The molecule has 0 aliphatic rings. The fourth-order valence-corrected chi connectivity index (χ4v) is 1.23. The van der Waals surface area contributed by atoms with Gasteiger partial charge in [-0.2, -0.15) is 0 Å². The van der Waals surface area contributed by atoms with Crippen molar-refractivity contribution in [2.75, 3.05) is 0 Å². The van der Waals surface area contributed by atoms with Gasteiger partial charge in [0.25, 0.3) is 5.91 Å². The van der Waals surface area contributed by atoms with Gasteiger partial charge in [-0.3, -0.25) is 4.79 Å². The van der Waals surface area contributed by atoms with Crippen LogP contribution < -0.4 is 5.32 Å². The molecule has 16 heavy (non-hydrogen) atoms. The Morgan fingerprint density at radius 2 is 2.06 bits per heavy atom. The lowest BCUT2D eigenvalue weighted by molar-refractivity contribution is 0.0905. The first-order valence-corrected chi connectivity index (χ1v) is 6.02. The van der Waals surface area contributed by atoms with Crippen molar-refractivity contribution in [3.05, 3.63) is 28.5 Å². The summed E-state index contributed by atoms with van der Waals surface area (Å²) in [5.41, 5.74) is 0.490. The van der Waals surface area contributed by atoms with Crippen molar-refractivity contribution < 1.29 is 4.79 Å². The minimum atomic E-state index is -0.130. The van der Waals surface area contributed by atoms with Gasteiger partial charge in [-0.15, -0.1) is 0 Å². The Morgan fingerprint density at radius 3 is 2.50 bits per heavy atom. The highest BCUT2D eigenvalue weighted by Crippen LogP contribution is 2.18. The van der Waals surface area contributed by atoms with Crippen molar-refractivity contribution in [2.24, 2.45) is 5.41 Å². The summed E-state index contributed by atoms with van der Waals surface area (Å²) >= 11 is 3.28. The van der Waals surface area contributed by atoms with E-state index in [0.29, 0.717) is 5.69 Å². The minimum absolute atomic E-state index is 0.0467. The van der Waals surface area contributed by atoms with Crippen molar-refractivity contribution in [1.82, 2.24) is 10.3 Å². The molecule has 1 atom stereocenters. The number of carbonyl (C=O) groups is 1. The average Bonchev–Trinajstić information content (AvgIpc) is 2.17. The molecular formula is C12H17BrN2O. The number of carbonyl (C=O) groups excluding carboxylic acids is 1. The van der Waals surface area contributed by atoms with Crippen LogP contribution in [0.4, 0.5) is 0 Å². The first-order valence-electron chi connectivity index (χ1n) is 5.23. The van der Waals surface area contributed by atoms with E-state index in [2.05, 4.69) is 47.0 Å². The molecule has 88 valence electrons. The third kappa shape index (κ3) is 3.59. The van der Waals surface area contributed by atoms with Gasteiger partial charge in [-0.05, 0) is 40.4 Å². The van der Waals surface area contributed by atoms with Crippen molar-refractivity contribution >= 4 is 21.8 Å². The van der Waals surface area contributed by atoms with Crippen molar-refractivity contribution in [3.8, 4) is 0 Å². The van der Waals surface area contributed by atoms with E-state index < -0.39 is 0 Å². The lowest BCUT2D eigenvalue weighted by atomic mass is 9.88. The quantitative estimate of drug-likeness (QED) is 0.907. The highest BCUT2D eigenvalue weighted by Gasteiger charge is 2.22. The molecule has 0 aliphatic heterocycles. The number of aromatic nitrogens is 1. The van der Waals surface area contributed by atoms with E-state index in [4.69, 9.17) is 0 Å². The van der Waals surface area contributed by atoms with Crippen molar-refractivity contribution in [2.45, 2.75) is 33.7 Å². The molecule has 1 N–H and O–H groups in total. The van der Waals surface area contributed by atoms with E-state index in [-0.39, 0.29) is 17.4 Å². The van der Waals surface area contributed by atoms with Gasteiger partial charge in [-0.1, -0.05) is 20.8 Å². The number of nitrogens with one attached hydrogen (secondary N) is 1. The predicted octanol–water partition coefficient (Wildman–Crippen LogP) is 3.01. The number of halogens is 1. The molecule has 1 heterocycles. The molecule has 0 aromatic carbocycles. The van der Waals surface area contributed by atoms with Crippen LogP contribution in [0.3, 0.4) is 0 Å². The van der Waals surface area contributed by atoms with Crippen molar-refractivity contribution in [3.63, 3.8) is 0 Å². The van der Waals surface area contributed by atoms with Gasteiger partial charge in [-0.25, -0.2) is 4.98 Å². The molecule has 0 spiro atoms. The van der Waals surface area contributed by atoms with E-state index in [0.717, 1.165) is 4.47 Å². The second-order valence-corrected chi connectivity index (χ2v) is 5.84. The van der Waals surface area contributed by atoms with Crippen LogP contribution in [0.1, 0.15) is 38.2 Å². The number of hydrogen-bond donors (Lipinski definition) is 1. The minimum Gasteiger partial charge on any atom is -0.348 e. The van der Waals surface area contributed by atoms with Crippen LogP contribution in [0.2, 0.25) is 0 Å². The largest absolute Gasteiger partial charge is 0.348 e. The number of hydrogen-bond acceptors (Lipinski definition) is 2. The predicted molar refractivity (Wildman–Crippen MR) is 68.3 cm³/mol. The Bertz CT molecular complexity index is 368. The molecule has 1 aromatic rings. The number of pyridine rings is 1. The summed E-state index contributed by atoms with van der Waals surface area (Å²) in [6.45, 7) is 8.27. The maximum Gasteiger partial charge on any atom is 0.270 e. The van der Waals surface area contributed by atoms with Gasteiger partial charge in [0, 0.05) is 16.7 Å². The molecular weight excluding hydrogens is 268 g/mol. The smallest absolute Gasteiger partial charge is 0.270 e. The van der Waals surface area contributed by atoms with Crippen LogP contribution in [0, 0.1) is 5.41 Å². The molecule has 1 rings (SSSR count). The molecule has 0 fully saturated rings. The standard InChI is InChI=1S/C12H17BrN2O/c1-8(12(2,3)4)15-11(16)10-6-5-9(13)7-14-10/h5-8H,1-4H3,(H,15,16). The van der Waals surface area contributed by atoms with E-state index in [1.165, 1.54) is 0 Å². The summed E-state index contributed by atoms with van der Waals surface area (Å²) in [5.74, 6) is -0.130. The van der Waals surface area contributed by atoms with Crippen LogP contribution in [0.15, 0.2) is 22.8 Å². The fraction of sp³-hybridized carbons (Fsp3) is 0.500. The van der Waals surface area contributed by atoms with Gasteiger partial charge in [0.2, 0.25) is 0 Å². The van der Waals surface area contributed by atoms with E-state index in [1.54, 1.807) is 12.3 Å². The lowest BCUT2D eigenvalue weighted by Crippen LogP contribution is -2.41. The highest BCUT2D eigenvalue weighted by molar-refractivity contribution is 9.10. The molecule has 1 aromatic heterocycles. The van der Waals surface area contributed by atoms with Gasteiger partial charge in [0.05, 0.1) is 0 Å². The third-order valence-corrected chi connectivity index (χ3v) is 3.08. The summed E-state index contributed by atoms with van der Waals surface area (Å²) in [6, 6.07) is 3.61. The first kappa shape index (κ1) is 13.2. The van der Waals surface area contributed by atoms with Gasteiger partial charge in [0.1, 0.15) is 5.69 Å². The summed E-state index contributed by atoms with van der Waals surface area (Å²) in [7, 11) is 0. The number of rotatable bonds is 2. The Labute approximate surface area is 105 Å². The molecule has 1 unspecified atom stereocenters. The third-order valence-electron chi connectivity index (χ3n) is 2.61. The maximum absolute atomic E-state index is 11.8. The molecule has 3 nitrogen and oxygen atoms in total. The Kier molecular flexibility index (Phi) is 4.08. The second kappa shape index (κ2) is 4.95. The normalized spacial score (nSPS) is 13.3. The Hall–Kier alpha value is -0.900. The zero-order chi connectivity index (χ0) is 12.3. The zero-order valence-corrected chi connectivity index (χ0v) is 11.6. The fourth-order valence-electron chi connectivity index (χ4n) is 0.997. The molecule has 0 radical (unpaired) electrons. The van der Waals surface area contributed by atoms with Crippen molar-refractivity contribution in [1.29, 1.82) is 0 Å². The zero-order valence-electron chi connectivity index (χ0n) is 10.0. The number of nitrogens with zero attached hydrogens (tertiary/aromatic N) is 1. The topological polar surface area (TPSA) is 42.0 Å². The summed E-state index contributed by atoms with van der Waals surface area (Å²) in [6.07, 6.45) is 1.62. The monoisotopic (exact) mass is 284 g/mol. The SMILES string of the molecule is CC(NC(=O)c1ccc(Br)cn1)C(C)(C)C. The van der Waals surface area contributed by atoms with E-state index >= 15 is 0 Å². The van der Waals surface area contributed by atoms with Crippen LogP contribution in [-0.2, 0) is 0 Å². The van der Waals surface area contributed by atoms with Crippen LogP contribution in [0.25, 0.3) is 0 Å². The first-order chi connectivity index (χ1) is 7.30. The molecule has 0 saturated carbocycles. The molecule has 4 heteroatoms. The van der Waals surface area contributed by atoms with Crippen LogP contribution in [0.5, 0.6) is 0 Å². The highest BCUT2D eigenvalue weighted by atomic mass is 79.9. The summed E-state index contributed by atoms with van der Waals surface area (Å²) < 4.78 is 0.868. The Morgan fingerprint density at radius 1 is 1.44 bits per heavy atom. The Balaban J connectivity index is 2.70. The lowest BCUT2D eigenvalue weighted by Gasteiger charge is -2.27.